The van der Waals surface area contributed by atoms with Gasteiger partial charge >= 0.3 is 12.1 Å². The van der Waals surface area contributed by atoms with Crippen LogP contribution < -0.4 is 0 Å². The molecule has 0 saturated carbocycles. The summed E-state index contributed by atoms with van der Waals surface area (Å²) in [5, 5.41) is 0. The normalized spacial score (nSPS) is 12.2. The Hall–Kier alpha value is -1.53. The molecule has 0 aliphatic carbocycles. The summed E-state index contributed by atoms with van der Waals surface area (Å²) in [4.78, 5) is 23.6. The third kappa shape index (κ3) is 5.70. The summed E-state index contributed by atoms with van der Waals surface area (Å²) in [6, 6.07) is 0. The number of esters is 1. The number of carbonyl (C=O) groups is 2. The Morgan fingerprint density at radius 3 is 2.22 bits per heavy atom. The summed E-state index contributed by atoms with van der Waals surface area (Å²) < 4.78 is 41.5. The van der Waals surface area contributed by atoms with E-state index in [0.717, 1.165) is 12.6 Å². The molecule has 104 valence electrons. The van der Waals surface area contributed by atoms with Crippen molar-refractivity contribution >= 4 is 11.8 Å². The number of ether oxygens (including phenoxy) is 1. The highest BCUT2D eigenvalue weighted by molar-refractivity contribution is 6.19. The molecule has 0 rings (SSSR count). The molecule has 0 bridgehead atoms. The van der Waals surface area contributed by atoms with Crippen LogP contribution in [0.5, 0.6) is 0 Å². The zero-order chi connectivity index (χ0) is 14.3. The molecule has 0 aliphatic heterocycles. The van der Waals surface area contributed by atoms with Crippen LogP contribution in [-0.2, 0) is 14.3 Å². The van der Waals surface area contributed by atoms with Crippen molar-refractivity contribution in [3.63, 3.8) is 0 Å². The maximum Gasteiger partial charge on any atom is 0.455 e. The van der Waals surface area contributed by atoms with Crippen LogP contribution in [0.3, 0.4) is 0 Å². The zero-order valence-corrected chi connectivity index (χ0v) is 10.5. The molecule has 0 aromatic heterocycles. The van der Waals surface area contributed by atoms with E-state index in [1.807, 2.05) is 6.92 Å². The van der Waals surface area contributed by atoms with Crippen molar-refractivity contribution in [2.45, 2.75) is 25.9 Å². The maximum absolute atomic E-state index is 12.3. The van der Waals surface area contributed by atoms with E-state index in [1.165, 1.54) is 19.0 Å². The molecular formula is C11H16F3NO3. The van der Waals surface area contributed by atoms with E-state index < -0.39 is 23.5 Å². The molecule has 0 heterocycles. The molecule has 0 aromatic carbocycles. The second kappa shape index (κ2) is 7.03. The van der Waals surface area contributed by atoms with Gasteiger partial charge in [-0.3, -0.25) is 4.79 Å². The van der Waals surface area contributed by atoms with Gasteiger partial charge in [0.15, 0.2) is 0 Å². The number of Topliss-reactive ketones (excluding diaryl/α,β-unsaturated/α-hetero) is 1. The lowest BCUT2D eigenvalue weighted by molar-refractivity contribution is -0.168. The van der Waals surface area contributed by atoms with Crippen LogP contribution in [0.1, 0.15) is 19.8 Å². The quantitative estimate of drug-likeness (QED) is 0.242. The van der Waals surface area contributed by atoms with Crippen molar-refractivity contribution < 1.29 is 27.5 Å². The lowest BCUT2D eigenvalue weighted by atomic mass is 10.1. The number of unbranched alkanes of at least 4 members (excludes halogenated alkanes) is 1. The van der Waals surface area contributed by atoms with Crippen LogP contribution in [0.25, 0.3) is 0 Å². The number of alkyl halides is 3. The summed E-state index contributed by atoms with van der Waals surface area (Å²) in [6.07, 6.45) is -3.02. The Bertz CT molecular complexity index is 335. The van der Waals surface area contributed by atoms with E-state index in [1.54, 1.807) is 0 Å². The molecule has 0 aliphatic rings. The third-order valence-electron chi connectivity index (χ3n) is 1.84. The number of nitrogens with zero attached hydrogens (tertiary/aromatic N) is 1. The van der Waals surface area contributed by atoms with Gasteiger partial charge in [0.1, 0.15) is 5.57 Å². The number of ketones is 1. The van der Waals surface area contributed by atoms with Crippen LogP contribution in [0.15, 0.2) is 11.8 Å². The van der Waals surface area contributed by atoms with Gasteiger partial charge in [-0.05, 0) is 6.42 Å². The molecule has 0 aromatic rings. The molecule has 18 heavy (non-hydrogen) atoms. The number of hydrogen-bond donors (Lipinski definition) is 0. The van der Waals surface area contributed by atoms with Gasteiger partial charge < -0.3 is 9.64 Å². The monoisotopic (exact) mass is 267 g/mol. The van der Waals surface area contributed by atoms with E-state index in [-0.39, 0.29) is 6.61 Å². The van der Waals surface area contributed by atoms with Gasteiger partial charge in [0, 0.05) is 20.3 Å². The van der Waals surface area contributed by atoms with E-state index >= 15 is 0 Å². The number of carbonyl (C=O) groups excluding carboxylic acids is 2. The SMILES string of the molecule is CCCCOC(=O)/C(=C\N(C)C)C(=O)C(F)(F)F. The fourth-order valence-electron chi connectivity index (χ4n) is 1.00. The average Bonchev–Trinajstić information content (AvgIpc) is 2.23. The minimum atomic E-state index is -5.09. The predicted octanol–water partition coefficient (Wildman–Crippen LogP) is 1.91. The van der Waals surface area contributed by atoms with Crippen LogP contribution >= 0.6 is 0 Å². The Labute approximate surface area is 103 Å². The van der Waals surface area contributed by atoms with E-state index in [4.69, 9.17) is 0 Å². The summed E-state index contributed by atoms with van der Waals surface area (Å²) in [5.74, 6) is -3.45. The smallest absolute Gasteiger partial charge is 0.455 e. The van der Waals surface area contributed by atoms with Crippen molar-refractivity contribution in [2.75, 3.05) is 20.7 Å². The first-order chi connectivity index (χ1) is 8.20. The van der Waals surface area contributed by atoms with Gasteiger partial charge in [-0.2, -0.15) is 13.2 Å². The lowest BCUT2D eigenvalue weighted by Gasteiger charge is -2.12. The van der Waals surface area contributed by atoms with Crippen LogP contribution in [0.2, 0.25) is 0 Å². The largest absolute Gasteiger partial charge is 0.462 e. The highest BCUT2D eigenvalue weighted by atomic mass is 19.4. The first-order valence-corrected chi connectivity index (χ1v) is 5.37. The van der Waals surface area contributed by atoms with Gasteiger partial charge in [0.05, 0.1) is 6.61 Å². The minimum absolute atomic E-state index is 0.00869. The highest BCUT2D eigenvalue weighted by Crippen LogP contribution is 2.21. The first kappa shape index (κ1) is 16.5. The second-order valence-corrected chi connectivity index (χ2v) is 3.82. The fraction of sp³-hybridized carbons (Fsp3) is 0.636. The molecule has 7 heteroatoms. The van der Waals surface area contributed by atoms with E-state index in [9.17, 15) is 22.8 Å². The van der Waals surface area contributed by atoms with E-state index in [0.29, 0.717) is 6.42 Å². The second-order valence-electron chi connectivity index (χ2n) is 3.82. The van der Waals surface area contributed by atoms with Gasteiger partial charge in [-0.25, -0.2) is 4.79 Å². The molecule has 0 atom stereocenters. The van der Waals surface area contributed by atoms with Crippen molar-refractivity contribution in [3.8, 4) is 0 Å². The molecule has 0 fully saturated rings. The minimum Gasteiger partial charge on any atom is -0.462 e. The molecule has 4 nitrogen and oxygen atoms in total. The average molecular weight is 267 g/mol. The van der Waals surface area contributed by atoms with Crippen molar-refractivity contribution in [1.82, 2.24) is 4.90 Å². The van der Waals surface area contributed by atoms with Crippen molar-refractivity contribution in [3.05, 3.63) is 11.8 Å². The maximum atomic E-state index is 12.3. The van der Waals surface area contributed by atoms with Gasteiger partial charge in [-0.1, -0.05) is 13.3 Å². The number of halogens is 3. The zero-order valence-electron chi connectivity index (χ0n) is 10.5. The molecule has 0 radical (unpaired) electrons. The van der Waals surface area contributed by atoms with Crippen LogP contribution in [-0.4, -0.2) is 43.5 Å². The van der Waals surface area contributed by atoms with Gasteiger partial charge in [0.25, 0.3) is 5.78 Å². The molecule has 0 amide bonds. The summed E-state index contributed by atoms with van der Waals surface area (Å²) in [6.45, 7) is 1.83. The molecule has 0 N–H and O–H groups in total. The topological polar surface area (TPSA) is 46.6 Å². The van der Waals surface area contributed by atoms with Gasteiger partial charge in [-0.15, -0.1) is 0 Å². The highest BCUT2D eigenvalue weighted by Gasteiger charge is 2.43. The fourth-order valence-corrected chi connectivity index (χ4v) is 1.00. The van der Waals surface area contributed by atoms with E-state index in [2.05, 4.69) is 4.74 Å². The van der Waals surface area contributed by atoms with Gasteiger partial charge in [0.2, 0.25) is 0 Å². The molecule has 0 saturated heterocycles. The molecule has 0 unspecified atom stereocenters. The predicted molar refractivity (Wildman–Crippen MR) is 58.7 cm³/mol. The Balaban J connectivity index is 4.92. The van der Waals surface area contributed by atoms with Crippen LogP contribution in [0.4, 0.5) is 13.2 Å². The lowest BCUT2D eigenvalue weighted by Crippen LogP contribution is -2.30. The summed E-state index contributed by atoms with van der Waals surface area (Å²) >= 11 is 0. The Kier molecular flexibility index (Phi) is 6.43. The first-order valence-electron chi connectivity index (χ1n) is 5.37. The number of hydrogen-bond acceptors (Lipinski definition) is 4. The third-order valence-corrected chi connectivity index (χ3v) is 1.84. The van der Waals surface area contributed by atoms with Crippen molar-refractivity contribution in [1.29, 1.82) is 0 Å². The summed E-state index contributed by atoms with van der Waals surface area (Å²) in [5.41, 5.74) is -1.01. The molecular weight excluding hydrogens is 251 g/mol. The molecule has 0 spiro atoms. The standard InChI is InChI=1S/C11H16F3NO3/c1-4-5-6-18-10(17)8(7-15(2)3)9(16)11(12,13)14/h7H,4-6H2,1-3H3/b8-7-. The Morgan fingerprint density at radius 1 is 1.28 bits per heavy atom. The van der Waals surface area contributed by atoms with Crippen LogP contribution in [0, 0.1) is 0 Å². The number of rotatable bonds is 6. The summed E-state index contributed by atoms with van der Waals surface area (Å²) in [7, 11) is 2.81. The Morgan fingerprint density at radius 2 is 1.83 bits per heavy atom. The van der Waals surface area contributed by atoms with Crippen molar-refractivity contribution in [2.24, 2.45) is 0 Å².